The SMILES string of the molecule is CCN(CC)c1ccc(-c2nc3c(C(N)=O)cccc3n2CCOC(C)(C)C)cn1. The summed E-state index contributed by atoms with van der Waals surface area (Å²) in [5, 5.41) is 0. The number of hydrogen-bond donors (Lipinski definition) is 1. The van der Waals surface area contributed by atoms with Gasteiger partial charge in [-0.15, -0.1) is 0 Å². The number of benzene rings is 1. The molecule has 7 nitrogen and oxygen atoms in total. The van der Waals surface area contributed by atoms with Gasteiger partial charge in [0.1, 0.15) is 17.2 Å². The number of pyridine rings is 1. The van der Waals surface area contributed by atoms with Crippen molar-refractivity contribution in [3.05, 3.63) is 42.1 Å². The van der Waals surface area contributed by atoms with Crippen LogP contribution in [0.3, 0.4) is 0 Å². The van der Waals surface area contributed by atoms with Crippen molar-refractivity contribution in [2.45, 2.75) is 46.8 Å². The van der Waals surface area contributed by atoms with E-state index >= 15 is 0 Å². The Bertz CT molecular complexity index is 1010. The van der Waals surface area contributed by atoms with Gasteiger partial charge in [0, 0.05) is 31.4 Å². The second-order valence-corrected chi connectivity index (χ2v) is 8.16. The summed E-state index contributed by atoms with van der Waals surface area (Å²) in [4.78, 5) is 23.5. The number of anilines is 1. The molecule has 0 aliphatic heterocycles. The minimum Gasteiger partial charge on any atom is -0.374 e. The number of para-hydroxylation sites is 1. The fraction of sp³-hybridized carbons (Fsp3) is 0.435. The Kier molecular flexibility index (Phi) is 6.41. The fourth-order valence-electron chi connectivity index (χ4n) is 3.49. The number of carbonyl (C=O) groups excluding carboxylic acids is 1. The van der Waals surface area contributed by atoms with Crippen molar-refractivity contribution in [3.63, 3.8) is 0 Å². The Morgan fingerprint density at radius 1 is 1.17 bits per heavy atom. The predicted molar refractivity (Wildman–Crippen MR) is 121 cm³/mol. The molecule has 0 bridgehead atoms. The summed E-state index contributed by atoms with van der Waals surface area (Å²) in [6.07, 6.45) is 1.83. The van der Waals surface area contributed by atoms with E-state index in [1.165, 1.54) is 0 Å². The summed E-state index contributed by atoms with van der Waals surface area (Å²) in [6.45, 7) is 13.2. The van der Waals surface area contributed by atoms with Crippen molar-refractivity contribution >= 4 is 22.8 Å². The van der Waals surface area contributed by atoms with Crippen LogP contribution < -0.4 is 10.6 Å². The van der Waals surface area contributed by atoms with Crippen molar-refractivity contribution < 1.29 is 9.53 Å². The van der Waals surface area contributed by atoms with Crippen LogP contribution in [0, 0.1) is 0 Å². The number of imidazole rings is 1. The van der Waals surface area contributed by atoms with Crippen LogP contribution in [0.1, 0.15) is 45.0 Å². The summed E-state index contributed by atoms with van der Waals surface area (Å²) >= 11 is 0. The largest absolute Gasteiger partial charge is 0.374 e. The van der Waals surface area contributed by atoms with Gasteiger partial charge >= 0.3 is 0 Å². The summed E-state index contributed by atoms with van der Waals surface area (Å²) in [5.74, 6) is 1.19. The predicted octanol–water partition coefficient (Wildman–Crippen LogP) is 3.86. The molecule has 30 heavy (non-hydrogen) atoms. The number of carbonyl (C=O) groups is 1. The lowest BCUT2D eigenvalue weighted by molar-refractivity contribution is -0.00636. The minimum absolute atomic E-state index is 0.234. The van der Waals surface area contributed by atoms with Gasteiger partial charge in [0.2, 0.25) is 0 Å². The standard InChI is InChI=1S/C23H31N5O2/c1-6-27(7-2)19-12-11-16(15-25-19)22-26-20-17(21(24)29)9-8-10-18(20)28(22)13-14-30-23(3,4)5/h8-12,15H,6-7,13-14H2,1-5H3,(H2,24,29). The maximum absolute atomic E-state index is 11.9. The van der Waals surface area contributed by atoms with E-state index in [0.29, 0.717) is 24.2 Å². The molecule has 3 aromatic rings. The average Bonchev–Trinajstić information content (AvgIpc) is 3.07. The van der Waals surface area contributed by atoms with E-state index in [1.807, 2.05) is 51.2 Å². The Balaban J connectivity index is 2.06. The average molecular weight is 410 g/mol. The molecule has 160 valence electrons. The van der Waals surface area contributed by atoms with Gasteiger partial charge in [-0.25, -0.2) is 9.97 Å². The molecule has 2 aromatic heterocycles. The van der Waals surface area contributed by atoms with Crippen molar-refractivity contribution in [1.82, 2.24) is 14.5 Å². The third kappa shape index (κ3) is 4.62. The maximum atomic E-state index is 11.9. The molecule has 0 radical (unpaired) electrons. The molecule has 2 heterocycles. The van der Waals surface area contributed by atoms with Crippen LogP contribution in [0.2, 0.25) is 0 Å². The first kappa shape index (κ1) is 21.8. The number of amides is 1. The molecule has 0 saturated carbocycles. The van der Waals surface area contributed by atoms with Gasteiger partial charge in [-0.05, 0) is 58.9 Å². The van der Waals surface area contributed by atoms with Gasteiger partial charge < -0.3 is 19.9 Å². The third-order valence-electron chi connectivity index (χ3n) is 4.99. The van der Waals surface area contributed by atoms with E-state index in [9.17, 15) is 4.79 Å². The number of aromatic nitrogens is 3. The second-order valence-electron chi connectivity index (χ2n) is 8.16. The number of rotatable bonds is 8. The number of nitrogens with two attached hydrogens (primary N) is 1. The molecule has 0 unspecified atom stereocenters. The first-order chi connectivity index (χ1) is 14.2. The van der Waals surface area contributed by atoms with Gasteiger partial charge in [-0.2, -0.15) is 0 Å². The molecular weight excluding hydrogens is 378 g/mol. The minimum atomic E-state index is -0.488. The number of primary amides is 1. The zero-order valence-corrected chi connectivity index (χ0v) is 18.5. The highest BCUT2D eigenvalue weighted by atomic mass is 16.5. The van der Waals surface area contributed by atoms with E-state index in [1.54, 1.807) is 6.07 Å². The van der Waals surface area contributed by atoms with Crippen LogP contribution in [0.25, 0.3) is 22.4 Å². The lowest BCUT2D eigenvalue weighted by Crippen LogP contribution is -2.23. The van der Waals surface area contributed by atoms with Crippen LogP contribution in [0.5, 0.6) is 0 Å². The topological polar surface area (TPSA) is 86.3 Å². The first-order valence-electron chi connectivity index (χ1n) is 10.4. The molecule has 0 aliphatic rings. The van der Waals surface area contributed by atoms with Gasteiger partial charge in [0.25, 0.3) is 5.91 Å². The quantitative estimate of drug-likeness (QED) is 0.610. The third-order valence-corrected chi connectivity index (χ3v) is 4.99. The van der Waals surface area contributed by atoms with Gasteiger partial charge in [0.05, 0.1) is 23.3 Å². The van der Waals surface area contributed by atoms with Crippen molar-refractivity contribution in [2.24, 2.45) is 5.73 Å². The number of ether oxygens (including phenoxy) is 1. The highest BCUT2D eigenvalue weighted by molar-refractivity contribution is 6.04. The van der Waals surface area contributed by atoms with E-state index in [-0.39, 0.29) is 5.60 Å². The molecular formula is C23H31N5O2. The Morgan fingerprint density at radius 2 is 1.90 bits per heavy atom. The van der Waals surface area contributed by atoms with E-state index in [0.717, 1.165) is 35.8 Å². The highest BCUT2D eigenvalue weighted by Gasteiger charge is 2.19. The lowest BCUT2D eigenvalue weighted by atomic mass is 10.2. The van der Waals surface area contributed by atoms with E-state index < -0.39 is 5.91 Å². The molecule has 0 saturated heterocycles. The summed E-state index contributed by atoms with van der Waals surface area (Å²) in [7, 11) is 0. The summed E-state index contributed by atoms with van der Waals surface area (Å²) < 4.78 is 8.01. The first-order valence-corrected chi connectivity index (χ1v) is 10.4. The summed E-state index contributed by atoms with van der Waals surface area (Å²) in [5.41, 5.74) is 8.10. The maximum Gasteiger partial charge on any atom is 0.250 e. The van der Waals surface area contributed by atoms with E-state index in [2.05, 4.69) is 28.3 Å². The number of hydrogen-bond acceptors (Lipinski definition) is 5. The fourth-order valence-corrected chi connectivity index (χ4v) is 3.49. The van der Waals surface area contributed by atoms with Crippen LogP contribution in [0.15, 0.2) is 36.5 Å². The number of fused-ring (bicyclic) bond motifs is 1. The molecule has 0 aliphatic carbocycles. The van der Waals surface area contributed by atoms with Crippen LogP contribution in [-0.4, -0.2) is 45.7 Å². The van der Waals surface area contributed by atoms with Gasteiger partial charge in [0.15, 0.2) is 0 Å². The smallest absolute Gasteiger partial charge is 0.250 e. The van der Waals surface area contributed by atoms with Gasteiger partial charge in [-0.1, -0.05) is 6.07 Å². The Labute approximate surface area is 177 Å². The molecule has 1 aromatic carbocycles. The molecule has 2 N–H and O–H groups in total. The molecule has 7 heteroatoms. The zero-order valence-electron chi connectivity index (χ0n) is 18.5. The van der Waals surface area contributed by atoms with Gasteiger partial charge in [-0.3, -0.25) is 4.79 Å². The molecule has 1 amide bonds. The molecule has 0 fully saturated rings. The molecule has 3 rings (SSSR count). The Hall–Kier alpha value is -2.93. The van der Waals surface area contributed by atoms with Crippen molar-refractivity contribution in [3.8, 4) is 11.4 Å². The normalized spacial score (nSPS) is 11.8. The lowest BCUT2D eigenvalue weighted by Gasteiger charge is -2.21. The molecule has 0 atom stereocenters. The van der Waals surface area contributed by atoms with Crippen molar-refractivity contribution in [2.75, 3.05) is 24.6 Å². The highest BCUT2D eigenvalue weighted by Crippen LogP contribution is 2.28. The van der Waals surface area contributed by atoms with Crippen LogP contribution in [-0.2, 0) is 11.3 Å². The monoisotopic (exact) mass is 409 g/mol. The van der Waals surface area contributed by atoms with Crippen molar-refractivity contribution in [1.29, 1.82) is 0 Å². The van der Waals surface area contributed by atoms with Crippen LogP contribution >= 0.6 is 0 Å². The summed E-state index contributed by atoms with van der Waals surface area (Å²) in [6, 6.07) is 9.52. The van der Waals surface area contributed by atoms with Crippen LogP contribution in [0.4, 0.5) is 5.82 Å². The second kappa shape index (κ2) is 8.83. The van der Waals surface area contributed by atoms with E-state index in [4.69, 9.17) is 15.5 Å². The Morgan fingerprint density at radius 3 is 2.47 bits per heavy atom. The zero-order chi connectivity index (χ0) is 21.9. The molecule has 0 spiro atoms. The number of nitrogens with zero attached hydrogens (tertiary/aromatic N) is 4.